The van der Waals surface area contributed by atoms with Gasteiger partial charge in [0.1, 0.15) is 5.75 Å². The number of nitrogens with zero attached hydrogens (tertiary/aromatic N) is 1. The molecule has 3 aromatic rings. The zero-order valence-electron chi connectivity index (χ0n) is 18.4. The summed E-state index contributed by atoms with van der Waals surface area (Å²) in [5.74, 6) is -1.23. The van der Waals surface area contributed by atoms with Gasteiger partial charge >= 0.3 is 0 Å². The Hall–Kier alpha value is -3.89. The lowest BCUT2D eigenvalue weighted by Crippen LogP contribution is -2.32. The lowest BCUT2D eigenvalue weighted by atomic mass is 10.1. The number of sulfonamides is 1. The molecule has 0 fully saturated rings. The smallest absolute Gasteiger partial charge is 0.262 e. The molecular formula is C24H20ClN3O6S. The number of carbonyl (C=O) groups is 3. The average Bonchev–Trinajstić information content (AvgIpc) is 3.08. The van der Waals surface area contributed by atoms with E-state index in [0.717, 1.165) is 4.90 Å². The third-order valence-electron chi connectivity index (χ3n) is 5.31. The minimum Gasteiger partial charge on any atom is -0.495 e. The predicted octanol–water partition coefficient (Wildman–Crippen LogP) is 3.77. The number of benzene rings is 3. The van der Waals surface area contributed by atoms with Gasteiger partial charge in [-0.25, -0.2) is 8.42 Å². The number of hydrogen-bond donors (Lipinski definition) is 2. The van der Waals surface area contributed by atoms with Crippen LogP contribution in [0, 0.1) is 0 Å². The predicted molar refractivity (Wildman–Crippen MR) is 130 cm³/mol. The van der Waals surface area contributed by atoms with Crippen LogP contribution in [0.25, 0.3) is 0 Å². The Labute approximate surface area is 206 Å². The molecule has 35 heavy (non-hydrogen) atoms. The first kappa shape index (κ1) is 24.2. The molecule has 0 saturated carbocycles. The van der Waals surface area contributed by atoms with Gasteiger partial charge in [0.15, 0.2) is 0 Å². The van der Waals surface area contributed by atoms with Crippen molar-refractivity contribution in [3.63, 3.8) is 0 Å². The first-order chi connectivity index (χ1) is 16.7. The molecule has 3 aromatic carbocycles. The molecule has 0 radical (unpaired) electrons. The molecule has 180 valence electrons. The van der Waals surface area contributed by atoms with Crippen LogP contribution >= 0.6 is 11.6 Å². The van der Waals surface area contributed by atoms with E-state index < -0.39 is 27.7 Å². The lowest BCUT2D eigenvalue weighted by Gasteiger charge is -2.16. The number of para-hydroxylation sites is 1. The van der Waals surface area contributed by atoms with Gasteiger partial charge in [-0.3, -0.25) is 24.0 Å². The molecule has 9 nitrogen and oxygen atoms in total. The van der Waals surface area contributed by atoms with Gasteiger partial charge in [-0.2, -0.15) is 0 Å². The van der Waals surface area contributed by atoms with Gasteiger partial charge in [0, 0.05) is 13.0 Å². The quantitative estimate of drug-likeness (QED) is 0.442. The van der Waals surface area contributed by atoms with E-state index >= 15 is 0 Å². The number of hydrogen-bond acceptors (Lipinski definition) is 6. The molecule has 0 saturated heterocycles. The van der Waals surface area contributed by atoms with E-state index in [9.17, 15) is 22.8 Å². The Kier molecular flexibility index (Phi) is 6.77. The Morgan fingerprint density at radius 1 is 0.943 bits per heavy atom. The van der Waals surface area contributed by atoms with Gasteiger partial charge in [-0.15, -0.1) is 0 Å². The van der Waals surface area contributed by atoms with Gasteiger partial charge in [-0.05, 0) is 42.5 Å². The summed E-state index contributed by atoms with van der Waals surface area (Å²) in [6, 6.07) is 16.8. The van der Waals surface area contributed by atoms with Crippen molar-refractivity contribution < 1.29 is 27.5 Å². The third kappa shape index (κ3) is 4.98. The molecule has 0 aromatic heterocycles. The van der Waals surface area contributed by atoms with Crippen LogP contribution in [0.1, 0.15) is 27.1 Å². The maximum Gasteiger partial charge on any atom is 0.262 e. The third-order valence-corrected chi connectivity index (χ3v) is 7.01. The fourth-order valence-corrected chi connectivity index (χ4v) is 4.91. The van der Waals surface area contributed by atoms with Crippen LogP contribution in [0.3, 0.4) is 0 Å². The van der Waals surface area contributed by atoms with Crippen molar-refractivity contribution in [1.29, 1.82) is 0 Å². The lowest BCUT2D eigenvalue weighted by molar-refractivity contribution is -0.116. The highest BCUT2D eigenvalue weighted by atomic mass is 35.5. The molecule has 0 atom stereocenters. The van der Waals surface area contributed by atoms with E-state index in [-0.39, 0.29) is 40.0 Å². The average molecular weight is 514 g/mol. The topological polar surface area (TPSA) is 122 Å². The minimum atomic E-state index is -4.03. The van der Waals surface area contributed by atoms with Gasteiger partial charge in [0.2, 0.25) is 5.91 Å². The van der Waals surface area contributed by atoms with Gasteiger partial charge in [-0.1, -0.05) is 35.9 Å². The second-order valence-electron chi connectivity index (χ2n) is 7.55. The summed E-state index contributed by atoms with van der Waals surface area (Å²) in [7, 11) is -2.65. The van der Waals surface area contributed by atoms with E-state index in [2.05, 4.69) is 10.0 Å². The van der Waals surface area contributed by atoms with E-state index in [4.69, 9.17) is 16.3 Å². The van der Waals surface area contributed by atoms with Crippen LogP contribution in [0.15, 0.2) is 71.6 Å². The fourth-order valence-electron chi connectivity index (χ4n) is 3.57. The summed E-state index contributed by atoms with van der Waals surface area (Å²) < 4.78 is 33.4. The van der Waals surface area contributed by atoms with Gasteiger partial charge in [0.05, 0.1) is 39.5 Å². The summed E-state index contributed by atoms with van der Waals surface area (Å²) >= 11 is 6.05. The Morgan fingerprint density at radius 2 is 1.57 bits per heavy atom. The second-order valence-corrected chi connectivity index (χ2v) is 9.64. The number of fused-ring (bicyclic) bond motifs is 1. The van der Waals surface area contributed by atoms with Crippen molar-refractivity contribution in [3.8, 4) is 5.75 Å². The van der Waals surface area contributed by atoms with Crippen LogP contribution in [-0.4, -0.2) is 44.7 Å². The van der Waals surface area contributed by atoms with Crippen molar-refractivity contribution in [3.05, 3.63) is 82.9 Å². The maximum absolute atomic E-state index is 12.9. The Morgan fingerprint density at radius 3 is 2.20 bits per heavy atom. The van der Waals surface area contributed by atoms with Crippen LogP contribution in [-0.2, 0) is 14.8 Å². The first-order valence-electron chi connectivity index (χ1n) is 10.4. The van der Waals surface area contributed by atoms with Gasteiger partial charge < -0.3 is 10.1 Å². The van der Waals surface area contributed by atoms with Crippen molar-refractivity contribution >= 4 is 50.7 Å². The molecule has 0 unspecified atom stereocenters. The summed E-state index contributed by atoms with van der Waals surface area (Å²) in [5.41, 5.74) is 0.908. The molecular weight excluding hydrogens is 494 g/mol. The molecule has 1 aliphatic rings. The number of ether oxygens (including phenoxy) is 1. The van der Waals surface area contributed by atoms with Gasteiger partial charge in [0.25, 0.3) is 21.8 Å². The number of rotatable bonds is 8. The first-order valence-corrected chi connectivity index (χ1v) is 12.3. The summed E-state index contributed by atoms with van der Waals surface area (Å²) in [6.45, 7) is -0.132. The zero-order valence-corrected chi connectivity index (χ0v) is 20.0. The van der Waals surface area contributed by atoms with E-state index in [0.29, 0.717) is 11.1 Å². The molecule has 2 N–H and O–H groups in total. The van der Waals surface area contributed by atoms with Crippen molar-refractivity contribution in [2.45, 2.75) is 11.3 Å². The highest BCUT2D eigenvalue weighted by molar-refractivity contribution is 7.92. The van der Waals surface area contributed by atoms with E-state index in [1.807, 2.05) is 0 Å². The van der Waals surface area contributed by atoms with Crippen molar-refractivity contribution in [2.75, 3.05) is 23.7 Å². The number of nitrogens with one attached hydrogen (secondary N) is 2. The van der Waals surface area contributed by atoms with Crippen LogP contribution in [0.5, 0.6) is 5.75 Å². The molecule has 0 spiro atoms. The standard InChI is InChI=1S/C24H20ClN3O6S/c1-34-21-11-10-15(35(32,33)27-19-9-5-4-8-18(19)25)14-20(21)26-22(29)12-13-28-23(30)16-6-2-3-7-17(16)24(28)31/h2-11,14,27H,12-13H2,1H3,(H,26,29). The van der Waals surface area contributed by atoms with E-state index in [1.54, 1.807) is 42.5 Å². The number of carbonyl (C=O) groups excluding carboxylic acids is 3. The molecule has 4 rings (SSSR count). The second kappa shape index (κ2) is 9.77. The number of halogens is 1. The molecule has 3 amide bonds. The number of methoxy groups -OCH3 is 1. The molecule has 0 aliphatic carbocycles. The molecule has 1 heterocycles. The Balaban J connectivity index is 1.47. The molecule has 1 aliphatic heterocycles. The van der Waals surface area contributed by atoms with Crippen LogP contribution < -0.4 is 14.8 Å². The Bertz CT molecular complexity index is 1410. The minimum absolute atomic E-state index is 0.113. The monoisotopic (exact) mass is 513 g/mol. The number of anilines is 2. The molecule has 0 bridgehead atoms. The number of amides is 3. The van der Waals surface area contributed by atoms with Crippen LogP contribution in [0.4, 0.5) is 11.4 Å². The number of imide groups is 1. The molecule has 11 heteroatoms. The summed E-state index contributed by atoms with van der Waals surface area (Å²) in [5, 5.41) is 2.82. The fraction of sp³-hybridized carbons (Fsp3) is 0.125. The summed E-state index contributed by atoms with van der Waals surface area (Å²) in [4.78, 5) is 38.5. The highest BCUT2D eigenvalue weighted by Crippen LogP contribution is 2.30. The van der Waals surface area contributed by atoms with Crippen LogP contribution in [0.2, 0.25) is 5.02 Å². The zero-order chi connectivity index (χ0) is 25.2. The SMILES string of the molecule is COc1ccc(S(=O)(=O)Nc2ccccc2Cl)cc1NC(=O)CCN1C(=O)c2ccccc2C1=O. The highest BCUT2D eigenvalue weighted by Gasteiger charge is 2.35. The summed E-state index contributed by atoms with van der Waals surface area (Å²) in [6.07, 6.45) is -0.191. The van der Waals surface area contributed by atoms with Crippen molar-refractivity contribution in [1.82, 2.24) is 4.90 Å². The largest absolute Gasteiger partial charge is 0.495 e. The van der Waals surface area contributed by atoms with E-state index in [1.165, 1.54) is 31.4 Å². The maximum atomic E-state index is 12.9. The van der Waals surface area contributed by atoms with Crippen molar-refractivity contribution in [2.24, 2.45) is 0 Å². The normalized spacial score (nSPS) is 12.9.